The highest BCUT2D eigenvalue weighted by Gasteiger charge is 2.12. The van der Waals surface area contributed by atoms with E-state index >= 15 is 0 Å². The summed E-state index contributed by atoms with van der Waals surface area (Å²) in [5.41, 5.74) is 5.36. The van der Waals surface area contributed by atoms with Crippen LogP contribution < -0.4 is 21.1 Å². The van der Waals surface area contributed by atoms with Crippen LogP contribution in [0.1, 0.15) is 37.0 Å². The molecule has 0 heterocycles. The van der Waals surface area contributed by atoms with E-state index in [9.17, 15) is 9.59 Å². The summed E-state index contributed by atoms with van der Waals surface area (Å²) in [5, 5.41) is 16.6. The number of nitrogens with zero attached hydrogens (tertiary/aromatic N) is 1. The molecule has 1 unspecified atom stereocenters. The molecule has 0 spiro atoms. The molecule has 0 saturated heterocycles. The summed E-state index contributed by atoms with van der Waals surface area (Å²) in [6.45, 7) is 9.31. The molecule has 12 heteroatoms. The fraction of sp³-hybridized carbons (Fsp3) is 0.621. The second kappa shape index (κ2) is 28.8. The number of carbonyl (C=O) groups excluding carboxylic acids is 2. The molecule has 41 heavy (non-hydrogen) atoms. The molecule has 1 atom stereocenters. The van der Waals surface area contributed by atoms with E-state index in [0.717, 1.165) is 31.2 Å². The molecule has 0 aliphatic rings. The predicted octanol–water partition coefficient (Wildman–Crippen LogP) is 2.20. The largest absolute Gasteiger partial charge is 0.490 e. The molecular weight excluding hydrogens is 548 g/mol. The number of thiocyanates is 1. The van der Waals surface area contributed by atoms with Gasteiger partial charge in [0.25, 0.3) is 5.91 Å². The molecule has 11 nitrogen and oxygen atoms in total. The average Bonchev–Trinajstić information content (AvgIpc) is 2.97. The highest BCUT2D eigenvalue weighted by Crippen LogP contribution is 2.17. The lowest BCUT2D eigenvalue weighted by molar-refractivity contribution is -0.108. The van der Waals surface area contributed by atoms with E-state index in [1.54, 1.807) is 24.3 Å². The number of nitriles is 1. The van der Waals surface area contributed by atoms with Crippen molar-refractivity contribution in [3.05, 3.63) is 29.8 Å². The van der Waals surface area contributed by atoms with Gasteiger partial charge in [0.15, 0.2) is 5.44 Å². The fourth-order valence-corrected chi connectivity index (χ4v) is 3.14. The van der Waals surface area contributed by atoms with Crippen molar-refractivity contribution in [2.24, 2.45) is 11.7 Å². The van der Waals surface area contributed by atoms with Gasteiger partial charge in [0, 0.05) is 44.1 Å². The molecule has 1 aromatic rings. The van der Waals surface area contributed by atoms with Crippen LogP contribution in [-0.2, 0) is 23.7 Å². The van der Waals surface area contributed by atoms with E-state index in [1.807, 2.05) is 12.4 Å². The molecule has 1 rings (SSSR count). The number of nitrogens with two attached hydrogens (primary N) is 1. The minimum atomic E-state index is -0.493. The first-order chi connectivity index (χ1) is 20.0. The van der Waals surface area contributed by atoms with Crippen LogP contribution >= 0.6 is 11.8 Å². The number of rotatable bonds is 22. The zero-order chi connectivity index (χ0) is 30.4. The first-order valence-electron chi connectivity index (χ1n) is 13.7. The molecule has 230 valence electrons. The van der Waals surface area contributed by atoms with E-state index in [1.165, 1.54) is 0 Å². The highest BCUT2D eigenvalue weighted by atomic mass is 32.2. The SMILES string of the molecule is CNCCOCC#CC(C)C.N#CSC(COc1cccc(C(=O)NCCN)c1)OCCOCCOCCCC=O. The van der Waals surface area contributed by atoms with Crippen molar-refractivity contribution < 1.29 is 33.3 Å². The molecule has 0 fully saturated rings. The van der Waals surface area contributed by atoms with Crippen molar-refractivity contribution >= 4 is 24.0 Å². The molecule has 1 amide bonds. The molecule has 0 aliphatic heterocycles. The smallest absolute Gasteiger partial charge is 0.251 e. The zero-order valence-electron chi connectivity index (χ0n) is 24.5. The monoisotopic (exact) mass is 594 g/mol. The Labute approximate surface area is 249 Å². The molecule has 0 bridgehead atoms. The summed E-state index contributed by atoms with van der Waals surface area (Å²) in [6, 6.07) is 6.75. The summed E-state index contributed by atoms with van der Waals surface area (Å²) >= 11 is 0.953. The normalized spacial score (nSPS) is 10.9. The Bertz CT molecular complexity index is 903. The summed E-state index contributed by atoms with van der Waals surface area (Å²) in [5.74, 6) is 6.70. The number of ether oxygens (including phenoxy) is 5. The Balaban J connectivity index is 0.00000122. The van der Waals surface area contributed by atoms with E-state index in [4.69, 9.17) is 34.7 Å². The van der Waals surface area contributed by atoms with Crippen molar-refractivity contribution in [1.29, 1.82) is 5.26 Å². The maximum atomic E-state index is 12.0. The number of hydrogen-bond acceptors (Lipinski definition) is 11. The predicted molar refractivity (Wildman–Crippen MR) is 161 cm³/mol. The summed E-state index contributed by atoms with van der Waals surface area (Å²) in [6.07, 6.45) is 2.08. The van der Waals surface area contributed by atoms with Crippen LogP contribution in [-0.4, -0.2) is 97.2 Å². The molecule has 4 N–H and O–H groups in total. The van der Waals surface area contributed by atoms with Crippen LogP contribution in [0, 0.1) is 28.4 Å². The van der Waals surface area contributed by atoms with E-state index in [-0.39, 0.29) is 12.5 Å². The first kappa shape index (κ1) is 38.3. The van der Waals surface area contributed by atoms with Gasteiger partial charge in [-0.05, 0) is 43.4 Å². The lowest BCUT2D eigenvalue weighted by Crippen LogP contribution is -2.29. The average molecular weight is 595 g/mol. The van der Waals surface area contributed by atoms with Gasteiger partial charge in [-0.15, -0.1) is 0 Å². The third-order valence-electron chi connectivity index (χ3n) is 4.67. The van der Waals surface area contributed by atoms with Crippen LogP contribution in [0.4, 0.5) is 0 Å². The first-order valence-corrected chi connectivity index (χ1v) is 14.5. The number of carbonyl (C=O) groups is 2. The molecule has 0 aromatic heterocycles. The van der Waals surface area contributed by atoms with Gasteiger partial charge in [-0.25, -0.2) is 0 Å². The number of unbranched alkanes of at least 4 members (excludes halogenated alkanes) is 1. The van der Waals surface area contributed by atoms with Gasteiger partial charge in [-0.3, -0.25) is 4.79 Å². The molecule has 0 aliphatic carbocycles. The molecule has 0 saturated carbocycles. The van der Waals surface area contributed by atoms with Crippen molar-refractivity contribution in [2.75, 3.05) is 79.5 Å². The number of benzene rings is 1. The maximum Gasteiger partial charge on any atom is 0.251 e. The summed E-state index contributed by atoms with van der Waals surface area (Å²) < 4.78 is 27.2. The Morgan fingerprint density at radius 3 is 2.54 bits per heavy atom. The van der Waals surface area contributed by atoms with Crippen molar-refractivity contribution in [2.45, 2.75) is 32.1 Å². The van der Waals surface area contributed by atoms with Crippen LogP contribution in [0.5, 0.6) is 5.75 Å². The van der Waals surface area contributed by atoms with Gasteiger partial charge in [0.1, 0.15) is 30.7 Å². The summed E-state index contributed by atoms with van der Waals surface area (Å²) in [7, 11) is 1.91. The van der Waals surface area contributed by atoms with E-state index < -0.39 is 5.44 Å². The molecule has 0 radical (unpaired) electrons. The Morgan fingerprint density at radius 1 is 1.10 bits per heavy atom. The van der Waals surface area contributed by atoms with Crippen LogP contribution in [0.3, 0.4) is 0 Å². The topological polar surface area (TPSA) is 154 Å². The van der Waals surface area contributed by atoms with E-state index in [2.05, 4.69) is 36.3 Å². The Hall–Kier alpha value is -2.68. The minimum absolute atomic E-state index is 0.145. The Morgan fingerprint density at radius 2 is 1.85 bits per heavy atom. The lowest BCUT2D eigenvalue weighted by Gasteiger charge is -2.16. The van der Waals surface area contributed by atoms with Crippen molar-refractivity contribution in [3.8, 4) is 23.0 Å². The fourth-order valence-electron chi connectivity index (χ4n) is 2.73. The minimum Gasteiger partial charge on any atom is -0.490 e. The van der Waals surface area contributed by atoms with Crippen molar-refractivity contribution in [3.63, 3.8) is 0 Å². The maximum absolute atomic E-state index is 12.0. The van der Waals surface area contributed by atoms with Gasteiger partial charge in [-0.1, -0.05) is 31.8 Å². The summed E-state index contributed by atoms with van der Waals surface area (Å²) in [4.78, 5) is 22.2. The van der Waals surface area contributed by atoms with Gasteiger partial charge >= 0.3 is 0 Å². The van der Waals surface area contributed by atoms with Gasteiger partial charge in [-0.2, -0.15) is 5.26 Å². The van der Waals surface area contributed by atoms with Crippen LogP contribution in [0.15, 0.2) is 24.3 Å². The lowest BCUT2D eigenvalue weighted by atomic mass is 10.2. The van der Waals surface area contributed by atoms with Crippen molar-refractivity contribution in [1.82, 2.24) is 10.6 Å². The molecule has 1 aromatic carbocycles. The number of thioether (sulfide) groups is 1. The van der Waals surface area contributed by atoms with Gasteiger partial charge in [0.2, 0.25) is 0 Å². The highest BCUT2D eigenvalue weighted by molar-refractivity contribution is 8.04. The number of aldehydes is 1. The quantitative estimate of drug-likeness (QED) is 0.0595. The third kappa shape index (κ3) is 24.8. The zero-order valence-corrected chi connectivity index (χ0v) is 25.3. The van der Waals surface area contributed by atoms with Gasteiger partial charge in [0.05, 0.1) is 33.0 Å². The number of hydrogen-bond donors (Lipinski definition) is 3. The number of nitrogens with one attached hydrogen (secondary N) is 2. The van der Waals surface area contributed by atoms with Crippen LogP contribution in [0.25, 0.3) is 0 Å². The van der Waals surface area contributed by atoms with E-state index in [0.29, 0.717) is 82.8 Å². The second-order valence-electron chi connectivity index (χ2n) is 8.56. The standard InChI is InChI=1S/C20H29N3O6S.C9H17NO/c21-6-7-23-20(25)17-4-3-5-18(14-17)29-15-19(30-16-22)28-13-12-27-11-10-26-9-2-1-8-24;1-9(2)5-4-7-11-8-6-10-3/h3-5,8,14,19H,1-2,6-7,9-13,15,21H2,(H,23,25);9-10H,6-8H2,1-3H3. The third-order valence-corrected chi connectivity index (χ3v) is 5.31. The number of likely N-dealkylation sites (N-methyl/N-ethyl adjacent to an activating group) is 1. The second-order valence-corrected chi connectivity index (χ2v) is 9.50. The molecular formula is C29H46N4O7S. The Kier molecular flexibility index (Phi) is 26.9. The van der Waals surface area contributed by atoms with Crippen LogP contribution in [0.2, 0.25) is 0 Å². The van der Waals surface area contributed by atoms with Gasteiger partial charge < -0.3 is 44.8 Å². The number of amides is 1.